The molecule has 2 N–H and O–H groups in total. The quantitative estimate of drug-likeness (QED) is 0.839. The van der Waals surface area contributed by atoms with Gasteiger partial charge in [0, 0.05) is 25.1 Å². The molecule has 0 aliphatic carbocycles. The van der Waals surface area contributed by atoms with Gasteiger partial charge in [-0.3, -0.25) is 9.59 Å². The highest BCUT2D eigenvalue weighted by molar-refractivity contribution is 5.96. The van der Waals surface area contributed by atoms with Gasteiger partial charge in [0.2, 0.25) is 11.8 Å². The Hall–Kier alpha value is -2.31. The van der Waals surface area contributed by atoms with E-state index in [0.717, 1.165) is 0 Å². The molecule has 0 radical (unpaired) electrons. The maximum Gasteiger partial charge on any atom is 0.417 e. The molecule has 2 amide bonds. The molecule has 1 aromatic rings. The first kappa shape index (κ1) is 16.1. The maximum absolute atomic E-state index is 13.1. The van der Waals surface area contributed by atoms with E-state index in [9.17, 15) is 22.8 Å². The van der Waals surface area contributed by atoms with Crippen LogP contribution in [0.3, 0.4) is 0 Å². The van der Waals surface area contributed by atoms with Crippen molar-refractivity contribution < 1.29 is 22.8 Å². The van der Waals surface area contributed by atoms with Crippen molar-refractivity contribution in [1.82, 2.24) is 10.6 Å². The molecule has 1 unspecified atom stereocenters. The third kappa shape index (κ3) is 4.34. The van der Waals surface area contributed by atoms with Gasteiger partial charge in [-0.2, -0.15) is 13.2 Å². The molecule has 1 saturated heterocycles. The molecule has 0 spiro atoms. The summed E-state index contributed by atoms with van der Waals surface area (Å²) in [6.45, 7) is 0.227. The average molecular weight is 312 g/mol. The number of benzene rings is 1. The fraction of sp³-hybridized carbons (Fsp3) is 0.333. The zero-order valence-electron chi connectivity index (χ0n) is 11.6. The van der Waals surface area contributed by atoms with Crippen LogP contribution in [-0.2, 0) is 9.59 Å². The van der Waals surface area contributed by atoms with Crippen molar-refractivity contribution in [3.63, 3.8) is 0 Å². The number of amides is 2. The van der Waals surface area contributed by atoms with Crippen molar-refractivity contribution in [1.29, 1.82) is 0 Å². The van der Waals surface area contributed by atoms with Crippen LogP contribution >= 0.6 is 0 Å². The van der Waals surface area contributed by atoms with E-state index in [-0.39, 0.29) is 30.5 Å². The van der Waals surface area contributed by atoms with Crippen LogP contribution < -0.4 is 10.6 Å². The summed E-state index contributed by atoms with van der Waals surface area (Å²) in [5.41, 5.74) is -1.06. The Balaban J connectivity index is 2.12. The van der Waals surface area contributed by atoms with Crippen molar-refractivity contribution in [3.05, 3.63) is 42.0 Å². The van der Waals surface area contributed by atoms with Crippen molar-refractivity contribution in [2.45, 2.75) is 25.1 Å². The summed E-state index contributed by atoms with van der Waals surface area (Å²) in [6.07, 6.45) is -3.40. The normalized spacial score (nSPS) is 19.5. The number of allylic oxidation sites excluding steroid dienone is 1. The molecule has 0 aromatic heterocycles. The largest absolute Gasteiger partial charge is 0.417 e. The van der Waals surface area contributed by atoms with E-state index in [0.29, 0.717) is 12.5 Å². The first-order chi connectivity index (χ1) is 10.4. The molecule has 1 aliphatic rings. The van der Waals surface area contributed by atoms with E-state index in [1.807, 2.05) is 0 Å². The van der Waals surface area contributed by atoms with Crippen LogP contribution in [0, 0.1) is 0 Å². The van der Waals surface area contributed by atoms with Crippen LogP contribution in [0.15, 0.2) is 36.4 Å². The summed E-state index contributed by atoms with van der Waals surface area (Å²) < 4.78 is 39.3. The molecule has 118 valence electrons. The molecule has 7 heteroatoms. The first-order valence-electron chi connectivity index (χ1n) is 6.78. The van der Waals surface area contributed by atoms with Gasteiger partial charge in [0.05, 0.1) is 5.57 Å². The number of rotatable bonds is 3. The number of hydrogen-bond acceptors (Lipinski definition) is 2. The van der Waals surface area contributed by atoms with E-state index < -0.39 is 17.7 Å². The van der Waals surface area contributed by atoms with Crippen molar-refractivity contribution in [2.75, 3.05) is 6.54 Å². The van der Waals surface area contributed by atoms with Gasteiger partial charge in [0.15, 0.2) is 0 Å². The Bertz CT molecular complexity index is 572. The third-order valence-electron chi connectivity index (χ3n) is 3.28. The van der Waals surface area contributed by atoms with Gasteiger partial charge < -0.3 is 10.6 Å². The lowest BCUT2D eigenvalue weighted by molar-refractivity contribution is -0.124. The number of carbonyl (C=O) groups is 2. The number of halogens is 3. The van der Waals surface area contributed by atoms with E-state index in [4.69, 9.17) is 0 Å². The Morgan fingerprint density at radius 2 is 1.95 bits per heavy atom. The summed E-state index contributed by atoms with van der Waals surface area (Å²) >= 11 is 0. The number of alkyl halides is 3. The second kappa shape index (κ2) is 6.64. The summed E-state index contributed by atoms with van der Waals surface area (Å²) in [5.74, 6) is -0.946. The van der Waals surface area contributed by atoms with Crippen LogP contribution in [-0.4, -0.2) is 30.6 Å². The van der Waals surface area contributed by atoms with E-state index in [1.54, 1.807) is 6.07 Å². The van der Waals surface area contributed by atoms with Gasteiger partial charge in [0.1, 0.15) is 0 Å². The first-order valence-corrected chi connectivity index (χ1v) is 6.78. The zero-order chi connectivity index (χ0) is 16.2. The minimum atomic E-state index is -4.63. The minimum absolute atomic E-state index is 0.0675. The van der Waals surface area contributed by atoms with Crippen LogP contribution in [0.1, 0.15) is 18.4 Å². The van der Waals surface area contributed by atoms with Gasteiger partial charge in [0.25, 0.3) is 0 Å². The molecule has 22 heavy (non-hydrogen) atoms. The van der Waals surface area contributed by atoms with Crippen molar-refractivity contribution in [3.8, 4) is 0 Å². The average Bonchev–Trinajstić information content (AvgIpc) is 2.47. The highest BCUT2D eigenvalue weighted by atomic mass is 19.4. The molecular formula is C15H15F3N2O2. The number of piperidine rings is 1. The molecule has 2 rings (SSSR count). The van der Waals surface area contributed by atoms with Gasteiger partial charge in [-0.15, -0.1) is 0 Å². The highest BCUT2D eigenvalue weighted by Crippen LogP contribution is 2.33. The molecule has 1 fully saturated rings. The van der Waals surface area contributed by atoms with Crippen LogP contribution in [0.5, 0.6) is 0 Å². The SMILES string of the molecule is O=C(/C=C(/c1ccccc1)C(F)(F)F)NC1CCC(=O)NC1. The monoisotopic (exact) mass is 312 g/mol. The molecular weight excluding hydrogens is 297 g/mol. The summed E-state index contributed by atoms with van der Waals surface area (Å²) in [6, 6.07) is 6.79. The van der Waals surface area contributed by atoms with E-state index >= 15 is 0 Å². The second-order valence-corrected chi connectivity index (χ2v) is 4.97. The van der Waals surface area contributed by atoms with E-state index in [2.05, 4.69) is 10.6 Å². The van der Waals surface area contributed by atoms with Crippen molar-refractivity contribution >= 4 is 17.4 Å². The topological polar surface area (TPSA) is 58.2 Å². The lowest BCUT2D eigenvalue weighted by Crippen LogP contribution is -2.47. The Morgan fingerprint density at radius 1 is 1.27 bits per heavy atom. The van der Waals surface area contributed by atoms with Gasteiger partial charge >= 0.3 is 6.18 Å². The molecule has 0 bridgehead atoms. The van der Waals surface area contributed by atoms with Crippen LogP contribution in [0.25, 0.3) is 5.57 Å². The smallest absolute Gasteiger partial charge is 0.354 e. The predicted molar refractivity (Wildman–Crippen MR) is 74.6 cm³/mol. The van der Waals surface area contributed by atoms with Gasteiger partial charge in [-0.05, 0) is 12.0 Å². The maximum atomic E-state index is 13.1. The molecule has 1 aliphatic heterocycles. The van der Waals surface area contributed by atoms with Crippen molar-refractivity contribution in [2.24, 2.45) is 0 Å². The lowest BCUT2D eigenvalue weighted by Gasteiger charge is -2.23. The standard InChI is InChI=1S/C15H15F3N2O2/c16-15(17,18)12(10-4-2-1-3-5-10)8-14(22)20-11-6-7-13(21)19-9-11/h1-5,8,11H,6-7,9H2,(H,19,21)(H,20,22)/b12-8-. The fourth-order valence-electron chi connectivity index (χ4n) is 2.18. The van der Waals surface area contributed by atoms with Crippen LogP contribution in [0.4, 0.5) is 13.2 Å². The lowest BCUT2D eigenvalue weighted by atomic mass is 10.0. The predicted octanol–water partition coefficient (Wildman–Crippen LogP) is 2.03. The highest BCUT2D eigenvalue weighted by Gasteiger charge is 2.35. The van der Waals surface area contributed by atoms with Gasteiger partial charge in [-0.1, -0.05) is 30.3 Å². The second-order valence-electron chi connectivity index (χ2n) is 4.97. The molecule has 4 nitrogen and oxygen atoms in total. The Labute approximate surface area is 125 Å². The molecule has 0 saturated carbocycles. The van der Waals surface area contributed by atoms with E-state index in [1.165, 1.54) is 24.3 Å². The number of nitrogens with one attached hydrogen (secondary N) is 2. The molecule has 1 heterocycles. The molecule has 1 atom stereocenters. The fourth-order valence-corrected chi connectivity index (χ4v) is 2.18. The Morgan fingerprint density at radius 3 is 2.50 bits per heavy atom. The summed E-state index contributed by atoms with van der Waals surface area (Å²) in [4.78, 5) is 22.8. The molecule has 1 aromatic carbocycles. The minimum Gasteiger partial charge on any atom is -0.354 e. The zero-order valence-corrected chi connectivity index (χ0v) is 11.6. The van der Waals surface area contributed by atoms with Crippen LogP contribution in [0.2, 0.25) is 0 Å². The summed E-state index contributed by atoms with van der Waals surface area (Å²) in [7, 11) is 0. The number of carbonyl (C=O) groups excluding carboxylic acids is 2. The summed E-state index contributed by atoms with van der Waals surface area (Å²) in [5, 5.41) is 5.04. The van der Waals surface area contributed by atoms with Gasteiger partial charge in [-0.25, -0.2) is 0 Å². The Kier molecular flexibility index (Phi) is 4.85. The number of hydrogen-bond donors (Lipinski definition) is 2. The third-order valence-corrected chi connectivity index (χ3v) is 3.28.